The number of carbonyl (C=O) groups excluding carboxylic acids is 1. The van der Waals surface area contributed by atoms with Gasteiger partial charge in [0.2, 0.25) is 6.10 Å². The summed E-state index contributed by atoms with van der Waals surface area (Å²) in [6, 6.07) is 3.58. The first-order valence-corrected chi connectivity index (χ1v) is 4.53. The molecule has 0 bridgehead atoms. The van der Waals surface area contributed by atoms with Crippen molar-refractivity contribution in [2.75, 3.05) is 0 Å². The fourth-order valence-corrected chi connectivity index (χ4v) is 1.20. The SMILES string of the molecule is O=CC1OC=CC=C1OCc1ccco1. The first kappa shape index (κ1) is 9.58. The van der Waals surface area contributed by atoms with Gasteiger partial charge in [0.05, 0.1) is 12.5 Å². The normalized spacial score (nSPS) is 19.2. The quantitative estimate of drug-likeness (QED) is 0.704. The summed E-state index contributed by atoms with van der Waals surface area (Å²) in [4.78, 5) is 10.6. The molecule has 1 aromatic rings. The molecule has 0 amide bonds. The Morgan fingerprint density at radius 3 is 3.20 bits per heavy atom. The van der Waals surface area contributed by atoms with Crippen LogP contribution in [-0.2, 0) is 20.9 Å². The minimum absolute atomic E-state index is 0.292. The van der Waals surface area contributed by atoms with Crippen LogP contribution in [0.15, 0.2) is 47.0 Å². The highest BCUT2D eigenvalue weighted by Crippen LogP contribution is 2.15. The minimum atomic E-state index is -0.648. The first-order valence-electron chi connectivity index (χ1n) is 4.53. The summed E-state index contributed by atoms with van der Waals surface area (Å²) in [6.45, 7) is 0.292. The van der Waals surface area contributed by atoms with E-state index in [-0.39, 0.29) is 0 Å². The number of carbonyl (C=O) groups is 1. The van der Waals surface area contributed by atoms with E-state index in [1.165, 1.54) is 6.26 Å². The van der Waals surface area contributed by atoms with Crippen molar-refractivity contribution < 1.29 is 18.7 Å². The number of aldehydes is 1. The number of hydrogen-bond donors (Lipinski definition) is 0. The maximum atomic E-state index is 10.6. The van der Waals surface area contributed by atoms with Gasteiger partial charge in [0.15, 0.2) is 6.29 Å². The molecule has 0 fully saturated rings. The van der Waals surface area contributed by atoms with E-state index in [1.54, 1.807) is 30.5 Å². The predicted octanol–water partition coefficient (Wildman–Crippen LogP) is 1.79. The Balaban J connectivity index is 1.95. The standard InChI is InChI=1S/C11H10O4/c12-7-11-10(4-2-6-14-11)15-8-9-3-1-5-13-9/h1-7,11H,8H2. The Kier molecular flexibility index (Phi) is 2.88. The molecule has 2 heterocycles. The molecule has 78 valence electrons. The Bertz CT molecular complexity index is 375. The van der Waals surface area contributed by atoms with Crippen molar-refractivity contribution in [1.29, 1.82) is 0 Å². The summed E-state index contributed by atoms with van der Waals surface area (Å²) in [6.07, 6.45) is 6.45. The number of hydrogen-bond acceptors (Lipinski definition) is 4. The summed E-state index contributed by atoms with van der Waals surface area (Å²) < 4.78 is 15.5. The zero-order chi connectivity index (χ0) is 10.5. The molecule has 0 saturated heterocycles. The monoisotopic (exact) mass is 206 g/mol. The third-order valence-corrected chi connectivity index (χ3v) is 1.93. The molecule has 4 nitrogen and oxygen atoms in total. The van der Waals surface area contributed by atoms with Crippen molar-refractivity contribution in [2.45, 2.75) is 12.7 Å². The van der Waals surface area contributed by atoms with Crippen LogP contribution in [0, 0.1) is 0 Å². The van der Waals surface area contributed by atoms with Gasteiger partial charge < -0.3 is 13.9 Å². The van der Waals surface area contributed by atoms with Gasteiger partial charge in [-0.15, -0.1) is 0 Å². The summed E-state index contributed by atoms with van der Waals surface area (Å²) in [5, 5.41) is 0. The maximum absolute atomic E-state index is 10.6. The van der Waals surface area contributed by atoms with E-state index in [2.05, 4.69) is 0 Å². The van der Waals surface area contributed by atoms with E-state index in [9.17, 15) is 4.79 Å². The second-order valence-corrected chi connectivity index (χ2v) is 2.96. The van der Waals surface area contributed by atoms with Gasteiger partial charge in [0.1, 0.15) is 18.1 Å². The molecule has 0 radical (unpaired) electrons. The van der Waals surface area contributed by atoms with Crippen molar-refractivity contribution >= 4 is 6.29 Å². The average Bonchev–Trinajstić information content (AvgIpc) is 2.79. The molecular weight excluding hydrogens is 196 g/mol. The first-order chi connectivity index (χ1) is 7.40. The fraction of sp³-hybridized carbons (Fsp3) is 0.182. The van der Waals surface area contributed by atoms with Gasteiger partial charge in [0.25, 0.3) is 0 Å². The van der Waals surface area contributed by atoms with Gasteiger partial charge in [-0.25, -0.2) is 0 Å². The highest BCUT2D eigenvalue weighted by Gasteiger charge is 2.17. The van der Waals surface area contributed by atoms with Gasteiger partial charge in [-0.3, -0.25) is 4.79 Å². The summed E-state index contributed by atoms with van der Waals surface area (Å²) in [5.74, 6) is 1.19. The smallest absolute Gasteiger partial charge is 0.209 e. The van der Waals surface area contributed by atoms with Crippen LogP contribution in [0.4, 0.5) is 0 Å². The van der Waals surface area contributed by atoms with E-state index in [1.807, 2.05) is 0 Å². The Morgan fingerprint density at radius 2 is 2.47 bits per heavy atom. The summed E-state index contributed by atoms with van der Waals surface area (Å²) in [7, 11) is 0. The number of ether oxygens (including phenoxy) is 2. The lowest BCUT2D eigenvalue weighted by molar-refractivity contribution is -0.115. The largest absolute Gasteiger partial charge is 0.486 e. The topological polar surface area (TPSA) is 48.7 Å². The zero-order valence-corrected chi connectivity index (χ0v) is 7.96. The van der Waals surface area contributed by atoms with Crippen molar-refractivity contribution in [1.82, 2.24) is 0 Å². The Hall–Kier alpha value is -1.97. The van der Waals surface area contributed by atoms with Crippen molar-refractivity contribution in [3.63, 3.8) is 0 Å². The third kappa shape index (κ3) is 2.28. The Morgan fingerprint density at radius 1 is 1.53 bits per heavy atom. The molecule has 2 rings (SSSR count). The molecule has 1 aliphatic rings. The maximum Gasteiger partial charge on any atom is 0.209 e. The minimum Gasteiger partial charge on any atom is -0.486 e. The van der Waals surface area contributed by atoms with Gasteiger partial charge in [0, 0.05) is 0 Å². The molecule has 0 saturated carbocycles. The fourth-order valence-electron chi connectivity index (χ4n) is 1.20. The summed E-state index contributed by atoms with van der Waals surface area (Å²) in [5.41, 5.74) is 0. The third-order valence-electron chi connectivity index (χ3n) is 1.93. The lowest BCUT2D eigenvalue weighted by Gasteiger charge is -2.17. The number of allylic oxidation sites excluding steroid dienone is 2. The average molecular weight is 206 g/mol. The molecule has 1 unspecified atom stereocenters. The lowest BCUT2D eigenvalue weighted by atomic mass is 10.2. The number of rotatable bonds is 4. The van der Waals surface area contributed by atoms with Crippen molar-refractivity contribution in [3.05, 3.63) is 48.3 Å². The molecule has 1 aliphatic heterocycles. The van der Waals surface area contributed by atoms with Crippen LogP contribution >= 0.6 is 0 Å². The van der Waals surface area contributed by atoms with E-state index in [0.29, 0.717) is 24.4 Å². The van der Waals surface area contributed by atoms with Crippen molar-refractivity contribution in [2.24, 2.45) is 0 Å². The highest BCUT2D eigenvalue weighted by molar-refractivity contribution is 5.61. The molecule has 0 aliphatic carbocycles. The van der Waals surface area contributed by atoms with E-state index in [0.717, 1.165) is 0 Å². The van der Waals surface area contributed by atoms with Gasteiger partial charge in [-0.05, 0) is 24.3 Å². The van der Waals surface area contributed by atoms with E-state index < -0.39 is 6.10 Å². The van der Waals surface area contributed by atoms with Crippen LogP contribution < -0.4 is 0 Å². The summed E-state index contributed by atoms with van der Waals surface area (Å²) >= 11 is 0. The van der Waals surface area contributed by atoms with Crippen LogP contribution in [0.5, 0.6) is 0 Å². The van der Waals surface area contributed by atoms with E-state index >= 15 is 0 Å². The van der Waals surface area contributed by atoms with Gasteiger partial charge in [-0.1, -0.05) is 0 Å². The van der Waals surface area contributed by atoms with Crippen LogP contribution in [0.3, 0.4) is 0 Å². The van der Waals surface area contributed by atoms with Crippen molar-refractivity contribution in [3.8, 4) is 0 Å². The van der Waals surface area contributed by atoms with Gasteiger partial charge >= 0.3 is 0 Å². The lowest BCUT2D eigenvalue weighted by Crippen LogP contribution is -2.18. The molecule has 0 aromatic carbocycles. The van der Waals surface area contributed by atoms with Gasteiger partial charge in [-0.2, -0.15) is 0 Å². The van der Waals surface area contributed by atoms with Crippen LogP contribution in [-0.4, -0.2) is 12.4 Å². The van der Waals surface area contributed by atoms with E-state index in [4.69, 9.17) is 13.9 Å². The number of furan rings is 1. The molecular formula is C11H10O4. The Labute approximate surface area is 86.8 Å². The van der Waals surface area contributed by atoms with Crippen LogP contribution in [0.1, 0.15) is 5.76 Å². The van der Waals surface area contributed by atoms with Crippen LogP contribution in [0.25, 0.3) is 0 Å². The second kappa shape index (κ2) is 4.50. The second-order valence-electron chi connectivity index (χ2n) is 2.96. The molecule has 0 spiro atoms. The highest BCUT2D eigenvalue weighted by atomic mass is 16.5. The molecule has 1 aromatic heterocycles. The molecule has 1 atom stereocenters. The predicted molar refractivity (Wildman–Crippen MR) is 51.7 cm³/mol. The van der Waals surface area contributed by atoms with Crippen LogP contribution in [0.2, 0.25) is 0 Å². The zero-order valence-electron chi connectivity index (χ0n) is 7.96. The molecule has 4 heteroatoms. The molecule has 15 heavy (non-hydrogen) atoms. The molecule has 0 N–H and O–H groups in total.